The monoisotopic (exact) mass is 429 g/mol. The van der Waals surface area contributed by atoms with Gasteiger partial charge in [-0.15, -0.1) is 0 Å². The maximum absolute atomic E-state index is 12.9. The van der Waals surface area contributed by atoms with E-state index in [0.29, 0.717) is 11.3 Å². The van der Waals surface area contributed by atoms with E-state index in [1.165, 1.54) is 17.0 Å². The molecule has 0 unspecified atom stereocenters. The molecule has 162 valence electrons. The number of imide groups is 1. The van der Waals surface area contributed by atoms with Gasteiger partial charge in [0, 0.05) is 5.56 Å². The van der Waals surface area contributed by atoms with Gasteiger partial charge in [0.05, 0.1) is 23.1 Å². The van der Waals surface area contributed by atoms with E-state index in [9.17, 15) is 19.2 Å². The summed E-state index contributed by atoms with van der Waals surface area (Å²) in [5, 5.41) is 0. The maximum atomic E-state index is 12.9. The van der Waals surface area contributed by atoms with Crippen molar-refractivity contribution in [2.45, 2.75) is 20.3 Å². The normalized spacial score (nSPS) is 25.4. The van der Waals surface area contributed by atoms with E-state index in [4.69, 9.17) is 4.74 Å². The second-order valence-corrected chi connectivity index (χ2v) is 8.88. The van der Waals surface area contributed by atoms with Crippen LogP contribution in [0.5, 0.6) is 0 Å². The van der Waals surface area contributed by atoms with E-state index in [2.05, 4.69) is 12.2 Å². The Balaban J connectivity index is 1.25. The molecule has 1 saturated heterocycles. The summed E-state index contributed by atoms with van der Waals surface area (Å²) >= 11 is 0. The molecule has 3 aliphatic rings. The molecule has 2 fully saturated rings. The Bertz CT molecular complexity index is 1150. The molecule has 2 bridgehead atoms. The molecule has 2 amide bonds. The molecule has 6 heteroatoms. The third kappa shape index (κ3) is 3.18. The summed E-state index contributed by atoms with van der Waals surface area (Å²) in [6.07, 6.45) is 4.99. The fraction of sp³-hybridized carbons (Fsp3) is 0.308. The highest BCUT2D eigenvalue weighted by molar-refractivity contribution is 6.22. The number of benzene rings is 2. The molecular formula is C26H23NO5. The summed E-state index contributed by atoms with van der Waals surface area (Å²) in [7, 11) is 0. The highest BCUT2D eigenvalue weighted by Gasteiger charge is 2.59. The lowest BCUT2D eigenvalue weighted by Gasteiger charge is -2.17. The minimum absolute atomic E-state index is 0.148. The van der Waals surface area contributed by atoms with Crippen molar-refractivity contribution in [3.63, 3.8) is 0 Å². The number of esters is 1. The summed E-state index contributed by atoms with van der Waals surface area (Å²) in [5.41, 5.74) is 3.03. The summed E-state index contributed by atoms with van der Waals surface area (Å²) in [6.45, 7) is 3.38. The lowest BCUT2D eigenvalue weighted by molar-refractivity contribution is -0.123. The minimum atomic E-state index is -0.631. The van der Waals surface area contributed by atoms with Crippen molar-refractivity contribution >= 4 is 29.3 Å². The van der Waals surface area contributed by atoms with E-state index < -0.39 is 5.97 Å². The van der Waals surface area contributed by atoms with Crippen molar-refractivity contribution in [3.05, 3.63) is 76.9 Å². The summed E-state index contributed by atoms with van der Waals surface area (Å²) in [5.74, 6) is -1.45. The standard InChI is InChI=1S/C26H23NO5/c1-14-3-4-15(2)20(11-14)21(28)13-32-26(31)16-7-9-19(10-8-16)27-24(29)22-17-5-6-18(12-17)23(22)25(27)30/h3-11,17-18,22-23H,12-13H2,1-2H3/t17-,18-,22+,23+/m0/s1. The van der Waals surface area contributed by atoms with Gasteiger partial charge < -0.3 is 4.74 Å². The Morgan fingerprint density at radius 3 is 2.19 bits per heavy atom. The molecule has 0 spiro atoms. The van der Waals surface area contributed by atoms with Gasteiger partial charge in [0.25, 0.3) is 0 Å². The van der Waals surface area contributed by atoms with Crippen molar-refractivity contribution in [1.82, 2.24) is 0 Å². The molecule has 1 heterocycles. The topological polar surface area (TPSA) is 80.8 Å². The number of ether oxygens (including phenoxy) is 1. The number of rotatable bonds is 5. The van der Waals surface area contributed by atoms with Gasteiger partial charge in [-0.25, -0.2) is 4.79 Å². The first-order valence-corrected chi connectivity index (χ1v) is 10.8. The van der Waals surface area contributed by atoms with Crippen molar-refractivity contribution in [2.75, 3.05) is 11.5 Å². The molecule has 1 aliphatic heterocycles. The van der Waals surface area contributed by atoms with Gasteiger partial charge in [-0.2, -0.15) is 0 Å². The van der Waals surface area contributed by atoms with Crippen LogP contribution in [0, 0.1) is 37.5 Å². The predicted octanol–water partition coefficient (Wildman–Crippen LogP) is 3.65. The first-order valence-electron chi connectivity index (χ1n) is 10.8. The second-order valence-electron chi connectivity index (χ2n) is 8.88. The van der Waals surface area contributed by atoms with Crippen LogP contribution in [0.25, 0.3) is 0 Å². The molecule has 5 rings (SSSR count). The zero-order chi connectivity index (χ0) is 22.6. The van der Waals surface area contributed by atoms with Crippen LogP contribution < -0.4 is 4.90 Å². The van der Waals surface area contributed by atoms with E-state index in [0.717, 1.165) is 17.5 Å². The highest BCUT2D eigenvalue weighted by atomic mass is 16.5. The molecule has 1 saturated carbocycles. The van der Waals surface area contributed by atoms with Gasteiger partial charge in [-0.05, 0) is 68.0 Å². The number of Topliss-reactive ketones (excluding diaryl/α,β-unsaturated/α-hetero) is 1. The van der Waals surface area contributed by atoms with Crippen molar-refractivity contribution in [2.24, 2.45) is 23.7 Å². The molecule has 2 aromatic carbocycles. The van der Waals surface area contributed by atoms with E-state index in [1.807, 2.05) is 26.0 Å². The Hall–Kier alpha value is -3.54. The van der Waals surface area contributed by atoms with Crippen LogP contribution in [0.15, 0.2) is 54.6 Å². The van der Waals surface area contributed by atoms with Crippen molar-refractivity contribution in [1.29, 1.82) is 0 Å². The van der Waals surface area contributed by atoms with Gasteiger partial charge in [0.15, 0.2) is 6.61 Å². The quantitative estimate of drug-likeness (QED) is 0.314. The molecule has 4 atom stereocenters. The van der Waals surface area contributed by atoms with Gasteiger partial charge in [-0.1, -0.05) is 29.8 Å². The number of aryl methyl sites for hydroxylation is 2. The number of amides is 2. The zero-order valence-electron chi connectivity index (χ0n) is 17.9. The number of ketones is 1. The van der Waals surface area contributed by atoms with Gasteiger partial charge in [-0.3, -0.25) is 19.3 Å². The summed E-state index contributed by atoms with van der Waals surface area (Å²) in [6, 6.07) is 11.7. The lowest BCUT2D eigenvalue weighted by atomic mass is 9.85. The highest BCUT2D eigenvalue weighted by Crippen LogP contribution is 2.53. The first kappa shape index (κ1) is 20.4. The largest absolute Gasteiger partial charge is 0.454 e. The van der Waals surface area contributed by atoms with Crippen molar-refractivity contribution < 1.29 is 23.9 Å². The van der Waals surface area contributed by atoms with Crippen LogP contribution in [0.2, 0.25) is 0 Å². The summed E-state index contributed by atoms with van der Waals surface area (Å²) in [4.78, 5) is 51.9. The molecule has 0 aromatic heterocycles. The SMILES string of the molecule is Cc1ccc(C)c(C(=O)COC(=O)c2ccc(N3C(=O)[C@H]4[C@H](C3=O)[C@H]3C=C[C@H]4C3)cc2)c1. The number of hydrogen-bond donors (Lipinski definition) is 0. The maximum Gasteiger partial charge on any atom is 0.338 e. The Morgan fingerprint density at radius 1 is 0.938 bits per heavy atom. The van der Waals surface area contributed by atoms with Gasteiger partial charge in [0.1, 0.15) is 0 Å². The number of allylic oxidation sites excluding steroid dienone is 2. The molecule has 32 heavy (non-hydrogen) atoms. The summed E-state index contributed by atoms with van der Waals surface area (Å²) < 4.78 is 5.20. The minimum Gasteiger partial charge on any atom is -0.454 e. The van der Waals surface area contributed by atoms with Crippen LogP contribution in [-0.4, -0.2) is 30.2 Å². The Morgan fingerprint density at radius 2 is 1.56 bits per heavy atom. The van der Waals surface area contributed by atoms with Gasteiger partial charge in [0.2, 0.25) is 17.6 Å². The first-order chi connectivity index (χ1) is 15.3. The van der Waals surface area contributed by atoms with E-state index in [-0.39, 0.29) is 53.4 Å². The number of carbonyl (C=O) groups is 4. The second kappa shape index (κ2) is 7.55. The lowest BCUT2D eigenvalue weighted by Crippen LogP contribution is -2.32. The third-order valence-corrected chi connectivity index (χ3v) is 6.86. The molecule has 0 radical (unpaired) electrons. The molecule has 0 N–H and O–H groups in total. The molecule has 2 aliphatic carbocycles. The third-order valence-electron chi connectivity index (χ3n) is 6.86. The van der Waals surface area contributed by atoms with Crippen LogP contribution in [0.3, 0.4) is 0 Å². The number of hydrogen-bond acceptors (Lipinski definition) is 5. The zero-order valence-corrected chi connectivity index (χ0v) is 17.9. The molecule has 6 nitrogen and oxygen atoms in total. The van der Waals surface area contributed by atoms with Crippen LogP contribution in [0.1, 0.15) is 38.3 Å². The predicted molar refractivity (Wildman–Crippen MR) is 117 cm³/mol. The number of carbonyl (C=O) groups excluding carboxylic acids is 4. The van der Waals surface area contributed by atoms with E-state index >= 15 is 0 Å². The Kier molecular flexibility index (Phi) is 4.81. The molecular weight excluding hydrogens is 406 g/mol. The fourth-order valence-corrected chi connectivity index (χ4v) is 5.23. The van der Waals surface area contributed by atoms with Crippen LogP contribution in [-0.2, 0) is 14.3 Å². The average molecular weight is 429 g/mol. The number of fused-ring (bicyclic) bond motifs is 5. The van der Waals surface area contributed by atoms with Gasteiger partial charge >= 0.3 is 5.97 Å². The number of anilines is 1. The van der Waals surface area contributed by atoms with Crippen molar-refractivity contribution in [3.8, 4) is 0 Å². The Labute approximate surface area is 185 Å². The molecule has 2 aromatic rings. The average Bonchev–Trinajstić information content (AvgIpc) is 3.47. The van der Waals surface area contributed by atoms with Crippen LogP contribution >= 0.6 is 0 Å². The fourth-order valence-electron chi connectivity index (χ4n) is 5.23. The smallest absolute Gasteiger partial charge is 0.338 e. The van der Waals surface area contributed by atoms with E-state index in [1.54, 1.807) is 18.2 Å². The number of nitrogens with zero attached hydrogens (tertiary/aromatic N) is 1. The van der Waals surface area contributed by atoms with Crippen LogP contribution in [0.4, 0.5) is 5.69 Å².